The van der Waals surface area contributed by atoms with Crippen molar-refractivity contribution in [2.75, 3.05) is 5.32 Å². The average Bonchev–Trinajstić information content (AvgIpc) is 2.55. The highest BCUT2D eigenvalue weighted by molar-refractivity contribution is 5.97. The van der Waals surface area contributed by atoms with Gasteiger partial charge in [-0.2, -0.15) is 0 Å². The van der Waals surface area contributed by atoms with Gasteiger partial charge in [0.25, 0.3) is 0 Å². The van der Waals surface area contributed by atoms with Crippen molar-refractivity contribution in [3.63, 3.8) is 0 Å². The van der Waals surface area contributed by atoms with Crippen LogP contribution in [0.2, 0.25) is 0 Å². The number of carbonyl (C=O) groups excluding carboxylic acids is 2. The van der Waals surface area contributed by atoms with Crippen LogP contribution in [0.3, 0.4) is 0 Å². The van der Waals surface area contributed by atoms with Crippen molar-refractivity contribution >= 4 is 23.5 Å². The van der Waals surface area contributed by atoms with Crippen molar-refractivity contribution in [1.82, 2.24) is 5.32 Å². The summed E-state index contributed by atoms with van der Waals surface area (Å²) in [6.07, 6.45) is 0.361. The van der Waals surface area contributed by atoms with Gasteiger partial charge in [0.2, 0.25) is 11.8 Å². The zero-order valence-electron chi connectivity index (χ0n) is 13.2. The zero-order chi connectivity index (χ0) is 17.5. The topological polar surface area (TPSA) is 95.5 Å². The van der Waals surface area contributed by atoms with Crippen LogP contribution in [-0.2, 0) is 16.0 Å². The van der Waals surface area contributed by atoms with Gasteiger partial charge >= 0.3 is 5.97 Å². The molecular weight excluding hydrogens is 308 g/mol. The number of nitrogens with one attached hydrogen (secondary N) is 2. The summed E-state index contributed by atoms with van der Waals surface area (Å²) in [4.78, 5) is 34.6. The van der Waals surface area contributed by atoms with Crippen molar-refractivity contribution in [3.05, 3.63) is 65.7 Å². The Morgan fingerprint density at radius 1 is 1.00 bits per heavy atom. The highest BCUT2D eigenvalue weighted by Crippen LogP contribution is 2.11. The fraction of sp³-hybridized carbons (Fsp3) is 0.167. The Kier molecular flexibility index (Phi) is 5.68. The molecule has 2 aromatic carbocycles. The van der Waals surface area contributed by atoms with Crippen molar-refractivity contribution in [2.45, 2.75) is 19.4 Å². The van der Waals surface area contributed by atoms with Crippen LogP contribution in [0.25, 0.3) is 0 Å². The molecule has 0 aliphatic rings. The average molecular weight is 326 g/mol. The van der Waals surface area contributed by atoms with Crippen LogP contribution >= 0.6 is 0 Å². The summed E-state index contributed by atoms with van der Waals surface area (Å²) in [7, 11) is 0. The number of rotatable bonds is 6. The molecule has 0 radical (unpaired) electrons. The predicted molar refractivity (Wildman–Crippen MR) is 89.8 cm³/mol. The maximum absolute atomic E-state index is 12.4. The molecular formula is C18H18N2O4. The summed E-state index contributed by atoms with van der Waals surface area (Å²) in [6, 6.07) is 14.5. The summed E-state index contributed by atoms with van der Waals surface area (Å²) < 4.78 is 0. The summed E-state index contributed by atoms with van der Waals surface area (Å²) in [5.41, 5.74) is 1.52. The van der Waals surface area contributed by atoms with E-state index in [1.807, 2.05) is 30.3 Å². The minimum absolute atomic E-state index is 0.135. The fourth-order valence-corrected chi connectivity index (χ4v) is 2.23. The Labute approximate surface area is 139 Å². The first-order valence-corrected chi connectivity index (χ1v) is 7.41. The molecule has 0 saturated heterocycles. The number of carbonyl (C=O) groups is 3. The second-order valence-electron chi connectivity index (χ2n) is 5.31. The maximum atomic E-state index is 12.4. The van der Waals surface area contributed by atoms with Gasteiger partial charge in [0.05, 0.1) is 5.56 Å². The van der Waals surface area contributed by atoms with Crippen molar-refractivity contribution in [2.24, 2.45) is 0 Å². The molecule has 0 spiro atoms. The monoisotopic (exact) mass is 326 g/mol. The minimum atomic E-state index is -1.03. The standard InChI is InChI=1S/C18H18N2O4/c1-12(21)19-16(11-13-5-3-2-4-6-13)17(22)20-15-9-7-14(8-10-15)18(23)24/h2-10,16H,11H2,1H3,(H,19,21)(H,20,22)(H,23,24). The van der Waals surface area contributed by atoms with Crippen molar-refractivity contribution in [1.29, 1.82) is 0 Å². The molecule has 0 bridgehead atoms. The molecule has 2 amide bonds. The Morgan fingerprint density at radius 2 is 1.62 bits per heavy atom. The molecule has 3 N–H and O–H groups in total. The molecule has 0 heterocycles. The lowest BCUT2D eigenvalue weighted by atomic mass is 10.0. The molecule has 1 atom stereocenters. The number of hydrogen-bond acceptors (Lipinski definition) is 3. The summed E-state index contributed by atoms with van der Waals surface area (Å²) >= 11 is 0. The van der Waals surface area contributed by atoms with E-state index in [1.165, 1.54) is 31.2 Å². The van der Waals surface area contributed by atoms with E-state index in [-0.39, 0.29) is 17.4 Å². The van der Waals surface area contributed by atoms with E-state index in [0.717, 1.165) is 5.56 Å². The second kappa shape index (κ2) is 7.92. The number of hydrogen-bond donors (Lipinski definition) is 3. The molecule has 0 fully saturated rings. The highest BCUT2D eigenvalue weighted by Gasteiger charge is 2.20. The van der Waals surface area contributed by atoms with Crippen LogP contribution in [0.15, 0.2) is 54.6 Å². The number of benzene rings is 2. The molecule has 0 aromatic heterocycles. The molecule has 0 saturated carbocycles. The number of carboxylic acids is 1. The van der Waals surface area contributed by atoms with Gasteiger partial charge in [-0.1, -0.05) is 30.3 Å². The lowest BCUT2D eigenvalue weighted by molar-refractivity contribution is -0.125. The SMILES string of the molecule is CC(=O)NC(Cc1ccccc1)C(=O)Nc1ccc(C(=O)O)cc1. The number of amides is 2. The Bertz CT molecular complexity index is 726. The molecule has 24 heavy (non-hydrogen) atoms. The van der Waals surface area contributed by atoms with Crippen LogP contribution in [0, 0.1) is 0 Å². The number of carboxylic acid groups (broad SMARTS) is 1. The van der Waals surface area contributed by atoms with Crippen molar-refractivity contribution < 1.29 is 19.5 Å². The van der Waals surface area contributed by atoms with E-state index in [1.54, 1.807) is 0 Å². The van der Waals surface area contributed by atoms with Gasteiger partial charge in [-0.15, -0.1) is 0 Å². The minimum Gasteiger partial charge on any atom is -0.478 e. The lowest BCUT2D eigenvalue weighted by Gasteiger charge is -2.18. The Balaban J connectivity index is 2.09. The third-order valence-corrected chi connectivity index (χ3v) is 3.38. The van der Waals surface area contributed by atoms with Gasteiger partial charge in [-0.3, -0.25) is 9.59 Å². The van der Waals surface area contributed by atoms with Gasteiger partial charge in [0.1, 0.15) is 6.04 Å². The van der Waals surface area contributed by atoms with E-state index in [0.29, 0.717) is 12.1 Å². The first kappa shape index (κ1) is 17.2. The number of anilines is 1. The van der Waals surface area contributed by atoms with Crippen LogP contribution in [0.4, 0.5) is 5.69 Å². The van der Waals surface area contributed by atoms with Gasteiger partial charge in [0.15, 0.2) is 0 Å². The quantitative estimate of drug-likeness (QED) is 0.757. The summed E-state index contributed by atoms with van der Waals surface area (Å²) in [5, 5.41) is 14.2. The van der Waals surface area contributed by atoms with E-state index < -0.39 is 12.0 Å². The molecule has 6 nitrogen and oxygen atoms in total. The van der Waals surface area contributed by atoms with E-state index in [4.69, 9.17) is 5.11 Å². The summed E-state index contributed by atoms with van der Waals surface area (Å²) in [5.74, 6) is -1.70. The van der Waals surface area contributed by atoms with Crippen LogP contribution in [-0.4, -0.2) is 28.9 Å². The first-order valence-electron chi connectivity index (χ1n) is 7.41. The Morgan fingerprint density at radius 3 is 2.17 bits per heavy atom. The molecule has 124 valence electrons. The first-order chi connectivity index (χ1) is 11.5. The predicted octanol–water partition coefficient (Wildman–Crippen LogP) is 2.07. The van der Waals surface area contributed by atoms with Crippen LogP contribution in [0.5, 0.6) is 0 Å². The zero-order valence-corrected chi connectivity index (χ0v) is 13.2. The molecule has 2 aromatic rings. The van der Waals surface area contributed by atoms with E-state index >= 15 is 0 Å². The summed E-state index contributed by atoms with van der Waals surface area (Å²) in [6.45, 7) is 1.35. The molecule has 6 heteroatoms. The lowest BCUT2D eigenvalue weighted by Crippen LogP contribution is -2.44. The highest BCUT2D eigenvalue weighted by atomic mass is 16.4. The molecule has 1 unspecified atom stereocenters. The Hall–Kier alpha value is -3.15. The van der Waals surface area contributed by atoms with Gasteiger partial charge in [-0.25, -0.2) is 4.79 Å². The molecule has 2 rings (SSSR count). The number of aromatic carboxylic acids is 1. The fourth-order valence-electron chi connectivity index (χ4n) is 2.23. The molecule has 0 aliphatic carbocycles. The van der Waals surface area contributed by atoms with Crippen LogP contribution in [0.1, 0.15) is 22.8 Å². The second-order valence-corrected chi connectivity index (χ2v) is 5.31. The van der Waals surface area contributed by atoms with E-state index in [2.05, 4.69) is 10.6 Å². The largest absolute Gasteiger partial charge is 0.478 e. The van der Waals surface area contributed by atoms with E-state index in [9.17, 15) is 14.4 Å². The third-order valence-electron chi connectivity index (χ3n) is 3.38. The maximum Gasteiger partial charge on any atom is 0.335 e. The molecule has 0 aliphatic heterocycles. The smallest absolute Gasteiger partial charge is 0.335 e. The van der Waals surface area contributed by atoms with Crippen LogP contribution < -0.4 is 10.6 Å². The normalized spacial score (nSPS) is 11.4. The van der Waals surface area contributed by atoms with Gasteiger partial charge < -0.3 is 15.7 Å². The third kappa shape index (κ3) is 4.95. The van der Waals surface area contributed by atoms with Crippen molar-refractivity contribution in [3.8, 4) is 0 Å². The van der Waals surface area contributed by atoms with Gasteiger partial charge in [0, 0.05) is 19.0 Å². The van der Waals surface area contributed by atoms with Gasteiger partial charge in [-0.05, 0) is 29.8 Å².